The van der Waals surface area contributed by atoms with Crippen molar-refractivity contribution in [2.75, 3.05) is 13.3 Å². The lowest BCUT2D eigenvalue weighted by Crippen LogP contribution is -2.27. The molecule has 0 fully saturated rings. The van der Waals surface area contributed by atoms with Gasteiger partial charge >= 0.3 is 0 Å². The smallest absolute Gasteiger partial charge is 0.167 e. The van der Waals surface area contributed by atoms with Gasteiger partial charge in [-0.15, -0.1) is 0 Å². The fraction of sp³-hybridized carbons (Fsp3) is 0.200. The molecule has 0 saturated heterocycles. The molecule has 0 aromatic heterocycles. The zero-order chi connectivity index (χ0) is 9.80. The number of hydrogen-bond donors (Lipinski definition) is 0. The third kappa shape index (κ3) is 1.58. The van der Waals surface area contributed by atoms with E-state index in [0.717, 1.165) is 11.4 Å². The van der Waals surface area contributed by atoms with Crippen LogP contribution >= 0.6 is 0 Å². The van der Waals surface area contributed by atoms with Crippen molar-refractivity contribution in [2.45, 2.75) is 0 Å². The highest BCUT2D eigenvalue weighted by Crippen LogP contribution is 2.11. The number of aliphatic imine (C=N–C) groups is 1. The summed E-state index contributed by atoms with van der Waals surface area (Å²) in [5.41, 5.74) is 0.972. The molecule has 1 heterocycles. The highest BCUT2D eigenvalue weighted by atomic mass is 16.7. The van der Waals surface area contributed by atoms with E-state index >= 15 is 0 Å². The van der Waals surface area contributed by atoms with E-state index in [1.165, 1.54) is 5.06 Å². The molecule has 0 spiro atoms. The zero-order valence-electron chi connectivity index (χ0n) is 7.55. The molecule has 1 aromatic carbocycles. The van der Waals surface area contributed by atoms with Crippen molar-refractivity contribution in [1.82, 2.24) is 5.06 Å². The van der Waals surface area contributed by atoms with Crippen molar-refractivity contribution in [1.29, 1.82) is 5.26 Å². The first-order chi connectivity index (χ1) is 6.92. The van der Waals surface area contributed by atoms with E-state index in [0.29, 0.717) is 6.73 Å². The van der Waals surface area contributed by atoms with Crippen LogP contribution in [0.15, 0.2) is 35.3 Å². The monoisotopic (exact) mass is 187 g/mol. The van der Waals surface area contributed by atoms with Gasteiger partial charge in [-0.2, -0.15) is 5.26 Å². The lowest BCUT2D eigenvalue weighted by atomic mass is 10.2. The van der Waals surface area contributed by atoms with Crippen LogP contribution in [0.1, 0.15) is 5.56 Å². The summed E-state index contributed by atoms with van der Waals surface area (Å²) < 4.78 is 0. The van der Waals surface area contributed by atoms with Crippen molar-refractivity contribution in [3.8, 4) is 6.07 Å². The van der Waals surface area contributed by atoms with Crippen LogP contribution in [0.5, 0.6) is 0 Å². The van der Waals surface area contributed by atoms with E-state index in [2.05, 4.69) is 4.99 Å². The number of nitrogens with zero attached hydrogens (tertiary/aromatic N) is 3. The van der Waals surface area contributed by atoms with Gasteiger partial charge in [-0.05, 0) is 0 Å². The average Bonchev–Trinajstić information content (AvgIpc) is 2.68. The first kappa shape index (κ1) is 8.73. The van der Waals surface area contributed by atoms with Gasteiger partial charge in [-0.1, -0.05) is 30.3 Å². The minimum absolute atomic E-state index is 0.202. The van der Waals surface area contributed by atoms with Gasteiger partial charge in [0.25, 0.3) is 0 Å². The number of hydrogen-bond acceptors (Lipinski definition) is 4. The Labute approximate surface area is 82.0 Å². The maximum atomic E-state index is 8.56. The number of amidine groups is 1. The van der Waals surface area contributed by atoms with Crippen molar-refractivity contribution in [3.05, 3.63) is 35.9 Å². The molecule has 0 amide bonds. The Bertz CT molecular complexity index is 380. The highest BCUT2D eigenvalue weighted by molar-refractivity contribution is 5.98. The summed E-state index contributed by atoms with van der Waals surface area (Å²) in [6.45, 7) is 0.500. The summed E-state index contributed by atoms with van der Waals surface area (Å²) in [5.74, 6) is 0.729. The predicted octanol–water partition coefficient (Wildman–Crippen LogP) is 1.16. The molecule has 1 aliphatic heterocycles. The van der Waals surface area contributed by atoms with Crippen LogP contribution in [0.25, 0.3) is 0 Å². The third-order valence-electron chi connectivity index (χ3n) is 1.91. The third-order valence-corrected chi connectivity index (χ3v) is 1.91. The van der Waals surface area contributed by atoms with Gasteiger partial charge in [0.05, 0.1) is 6.07 Å². The molecule has 14 heavy (non-hydrogen) atoms. The van der Waals surface area contributed by atoms with Crippen LogP contribution in [0.4, 0.5) is 0 Å². The van der Waals surface area contributed by atoms with E-state index in [9.17, 15) is 0 Å². The molecule has 1 aliphatic rings. The van der Waals surface area contributed by atoms with Gasteiger partial charge in [-0.25, -0.2) is 14.9 Å². The predicted molar refractivity (Wildman–Crippen MR) is 51.3 cm³/mol. The summed E-state index contributed by atoms with van der Waals surface area (Å²) in [6, 6.07) is 11.7. The molecule has 0 aliphatic carbocycles. The number of rotatable bonds is 2. The van der Waals surface area contributed by atoms with Crippen LogP contribution in [-0.4, -0.2) is 24.2 Å². The topological polar surface area (TPSA) is 48.6 Å². The Morgan fingerprint density at radius 1 is 1.43 bits per heavy atom. The van der Waals surface area contributed by atoms with Crippen molar-refractivity contribution in [2.24, 2.45) is 4.99 Å². The maximum absolute atomic E-state index is 8.56. The second kappa shape index (κ2) is 3.90. The number of nitriles is 1. The molecule has 0 saturated carbocycles. The maximum Gasteiger partial charge on any atom is 0.167 e. The van der Waals surface area contributed by atoms with Gasteiger partial charge < -0.3 is 0 Å². The first-order valence-electron chi connectivity index (χ1n) is 4.29. The quantitative estimate of drug-likeness (QED) is 0.653. The van der Waals surface area contributed by atoms with Crippen LogP contribution in [0, 0.1) is 11.3 Å². The molecular formula is C10H9N3O. The Hall–Kier alpha value is -1.86. The molecule has 0 unspecified atom stereocenters. The molecule has 0 bridgehead atoms. The first-order valence-corrected chi connectivity index (χ1v) is 4.29. The van der Waals surface area contributed by atoms with Crippen molar-refractivity contribution in [3.63, 3.8) is 0 Å². The lowest BCUT2D eigenvalue weighted by Gasteiger charge is -2.14. The van der Waals surface area contributed by atoms with Crippen LogP contribution in [0.2, 0.25) is 0 Å². The van der Waals surface area contributed by atoms with Crippen LogP contribution in [0.3, 0.4) is 0 Å². The Kier molecular flexibility index (Phi) is 2.43. The molecular weight excluding hydrogens is 178 g/mol. The Balaban J connectivity index is 2.23. The standard InChI is InChI=1S/C10H9N3O/c11-6-7-13-10(12-8-14-13)9-4-2-1-3-5-9/h1-5H,7-8H2. The second-order valence-corrected chi connectivity index (χ2v) is 2.80. The molecule has 0 atom stereocenters. The summed E-state index contributed by atoms with van der Waals surface area (Å²) in [4.78, 5) is 9.34. The highest BCUT2D eigenvalue weighted by Gasteiger charge is 2.18. The van der Waals surface area contributed by atoms with Gasteiger partial charge in [0.2, 0.25) is 0 Å². The fourth-order valence-electron chi connectivity index (χ4n) is 1.31. The normalized spacial score (nSPS) is 15.1. The molecule has 0 N–H and O–H groups in total. The van der Waals surface area contributed by atoms with E-state index in [-0.39, 0.29) is 6.54 Å². The number of hydroxylamine groups is 2. The van der Waals surface area contributed by atoms with Crippen LogP contribution < -0.4 is 0 Å². The van der Waals surface area contributed by atoms with Gasteiger partial charge in [0.15, 0.2) is 12.6 Å². The van der Waals surface area contributed by atoms with E-state index < -0.39 is 0 Å². The molecule has 1 aromatic rings. The second-order valence-electron chi connectivity index (χ2n) is 2.80. The Morgan fingerprint density at radius 3 is 2.93 bits per heavy atom. The van der Waals surface area contributed by atoms with Crippen LogP contribution in [-0.2, 0) is 4.84 Å². The van der Waals surface area contributed by atoms with E-state index in [1.807, 2.05) is 36.4 Å². The molecule has 70 valence electrons. The summed E-state index contributed by atoms with van der Waals surface area (Å²) in [5, 5.41) is 10.1. The van der Waals surface area contributed by atoms with E-state index in [1.54, 1.807) is 0 Å². The van der Waals surface area contributed by atoms with Crippen molar-refractivity contribution >= 4 is 5.84 Å². The summed E-state index contributed by atoms with van der Waals surface area (Å²) in [7, 11) is 0. The minimum Gasteiger partial charge on any atom is -0.247 e. The zero-order valence-corrected chi connectivity index (χ0v) is 7.55. The van der Waals surface area contributed by atoms with Gasteiger partial charge in [0, 0.05) is 5.56 Å². The van der Waals surface area contributed by atoms with Crippen molar-refractivity contribution < 1.29 is 4.84 Å². The summed E-state index contributed by atoms with van der Waals surface area (Å²) in [6.07, 6.45) is 0. The van der Waals surface area contributed by atoms with Gasteiger partial charge in [0.1, 0.15) is 6.54 Å². The Morgan fingerprint density at radius 2 is 2.21 bits per heavy atom. The molecule has 4 nitrogen and oxygen atoms in total. The average molecular weight is 187 g/mol. The SMILES string of the molecule is N#CCN1OCN=C1c1ccccc1. The fourth-order valence-corrected chi connectivity index (χ4v) is 1.31. The summed E-state index contributed by atoms with van der Waals surface area (Å²) >= 11 is 0. The largest absolute Gasteiger partial charge is 0.247 e. The molecule has 4 heteroatoms. The van der Waals surface area contributed by atoms with E-state index in [4.69, 9.17) is 10.1 Å². The van der Waals surface area contributed by atoms with Gasteiger partial charge in [-0.3, -0.25) is 0 Å². The number of benzene rings is 1. The molecule has 2 rings (SSSR count). The minimum atomic E-state index is 0.202. The lowest BCUT2D eigenvalue weighted by molar-refractivity contribution is -0.0652. The molecule has 0 radical (unpaired) electrons.